The maximum atomic E-state index is 13.2. The molecule has 1 aromatic rings. The maximum absolute atomic E-state index is 13.2. The molecule has 1 aromatic carbocycles. The molecule has 0 saturated heterocycles. The van der Waals surface area contributed by atoms with E-state index in [4.69, 9.17) is 4.74 Å². The van der Waals surface area contributed by atoms with Gasteiger partial charge in [-0.15, -0.1) is 0 Å². The number of fused-ring (bicyclic) bond motifs is 1. The Bertz CT molecular complexity index is 423. The smallest absolute Gasteiger partial charge is 0.126 e. The summed E-state index contributed by atoms with van der Waals surface area (Å²) in [6, 6.07) is 4.94. The minimum atomic E-state index is -0.188. The molecule has 104 valence electrons. The van der Waals surface area contributed by atoms with Crippen LogP contribution in [0.1, 0.15) is 56.9 Å². The molecule has 1 aliphatic carbocycles. The molecule has 0 radical (unpaired) electrons. The van der Waals surface area contributed by atoms with Gasteiger partial charge in [0.25, 0.3) is 0 Å². The van der Waals surface area contributed by atoms with Crippen LogP contribution < -0.4 is 4.74 Å². The maximum Gasteiger partial charge on any atom is 0.126 e. The third kappa shape index (κ3) is 3.29. The molecule has 2 heteroatoms. The van der Waals surface area contributed by atoms with Gasteiger partial charge in [-0.1, -0.05) is 38.2 Å². The van der Waals surface area contributed by atoms with E-state index in [1.807, 2.05) is 6.07 Å². The molecule has 1 aliphatic heterocycles. The van der Waals surface area contributed by atoms with E-state index in [0.717, 1.165) is 36.5 Å². The molecule has 2 aliphatic rings. The van der Waals surface area contributed by atoms with Crippen molar-refractivity contribution in [3.63, 3.8) is 0 Å². The van der Waals surface area contributed by atoms with Crippen LogP contribution in [0.25, 0.3) is 0 Å². The second kappa shape index (κ2) is 5.94. The van der Waals surface area contributed by atoms with Crippen molar-refractivity contribution in [2.24, 2.45) is 5.92 Å². The van der Waals surface area contributed by atoms with Gasteiger partial charge in [0, 0.05) is 6.07 Å². The minimum absolute atomic E-state index is 0.188. The van der Waals surface area contributed by atoms with Crippen LogP contribution in [0.4, 0.5) is 4.39 Å². The predicted octanol–water partition coefficient (Wildman–Crippen LogP) is 4.88. The Kier molecular flexibility index (Phi) is 4.05. The van der Waals surface area contributed by atoms with Gasteiger partial charge in [-0.2, -0.15) is 0 Å². The molecule has 19 heavy (non-hydrogen) atoms. The lowest BCUT2D eigenvalue weighted by molar-refractivity contribution is 0.149. The van der Waals surface area contributed by atoms with Gasteiger partial charge in [-0.3, -0.25) is 0 Å². The highest BCUT2D eigenvalue weighted by Gasteiger charge is 2.22. The van der Waals surface area contributed by atoms with E-state index in [9.17, 15) is 4.39 Å². The van der Waals surface area contributed by atoms with E-state index in [0.29, 0.717) is 6.10 Å². The first kappa shape index (κ1) is 13.0. The summed E-state index contributed by atoms with van der Waals surface area (Å²) in [7, 11) is 0. The fourth-order valence-electron chi connectivity index (χ4n) is 3.50. The lowest BCUT2D eigenvalue weighted by Gasteiger charge is -2.28. The van der Waals surface area contributed by atoms with E-state index in [-0.39, 0.29) is 5.82 Å². The summed E-state index contributed by atoms with van der Waals surface area (Å²) < 4.78 is 19.2. The lowest BCUT2D eigenvalue weighted by atomic mass is 9.85. The van der Waals surface area contributed by atoms with E-state index >= 15 is 0 Å². The number of rotatable bonds is 3. The van der Waals surface area contributed by atoms with Crippen molar-refractivity contribution in [3.8, 4) is 5.75 Å². The molecule has 1 fully saturated rings. The van der Waals surface area contributed by atoms with Gasteiger partial charge >= 0.3 is 0 Å². The van der Waals surface area contributed by atoms with Crippen molar-refractivity contribution >= 4 is 0 Å². The Morgan fingerprint density at radius 3 is 2.74 bits per heavy atom. The van der Waals surface area contributed by atoms with Crippen LogP contribution in [-0.4, -0.2) is 6.10 Å². The van der Waals surface area contributed by atoms with Crippen LogP contribution in [0.15, 0.2) is 18.2 Å². The summed E-state index contributed by atoms with van der Waals surface area (Å²) in [6.07, 6.45) is 11.9. The molecule has 0 bridgehead atoms. The normalized spacial score (nSPS) is 23.7. The molecular weight excluding hydrogens is 239 g/mol. The van der Waals surface area contributed by atoms with Crippen LogP contribution in [0.3, 0.4) is 0 Å². The minimum Gasteiger partial charge on any atom is -0.490 e. The summed E-state index contributed by atoms with van der Waals surface area (Å²) in [5.41, 5.74) is 1.16. The highest BCUT2D eigenvalue weighted by atomic mass is 19.1. The standard InChI is InChI=1S/C17H23FO/c18-15-9-7-14-8-11-16(19-17(14)12-15)10-6-13-4-2-1-3-5-13/h7,9,12-13,16H,1-6,8,10-11H2. The first-order valence-electron chi connectivity index (χ1n) is 7.76. The van der Waals surface area contributed by atoms with E-state index in [1.54, 1.807) is 6.07 Å². The van der Waals surface area contributed by atoms with Crippen molar-refractivity contribution in [2.75, 3.05) is 0 Å². The van der Waals surface area contributed by atoms with Gasteiger partial charge in [-0.05, 0) is 43.2 Å². The molecule has 1 unspecified atom stereocenters. The van der Waals surface area contributed by atoms with Crippen LogP contribution >= 0.6 is 0 Å². The van der Waals surface area contributed by atoms with Gasteiger partial charge in [0.15, 0.2) is 0 Å². The van der Waals surface area contributed by atoms with Gasteiger partial charge < -0.3 is 4.74 Å². The molecule has 1 heterocycles. The largest absolute Gasteiger partial charge is 0.490 e. The van der Waals surface area contributed by atoms with Crippen molar-refractivity contribution in [1.29, 1.82) is 0 Å². The molecule has 3 rings (SSSR count). The first-order chi connectivity index (χ1) is 9.31. The fourth-order valence-corrected chi connectivity index (χ4v) is 3.50. The summed E-state index contributed by atoms with van der Waals surface area (Å²) in [5, 5.41) is 0. The van der Waals surface area contributed by atoms with Gasteiger partial charge in [-0.25, -0.2) is 4.39 Å². The molecular formula is C17H23FO. The van der Waals surface area contributed by atoms with Crippen LogP contribution in [-0.2, 0) is 6.42 Å². The molecule has 0 amide bonds. The van der Waals surface area contributed by atoms with Crippen molar-refractivity contribution < 1.29 is 9.13 Å². The van der Waals surface area contributed by atoms with Crippen molar-refractivity contribution in [2.45, 2.75) is 63.9 Å². The number of ether oxygens (including phenoxy) is 1. The molecule has 1 saturated carbocycles. The lowest BCUT2D eigenvalue weighted by Crippen LogP contribution is -2.24. The topological polar surface area (TPSA) is 9.23 Å². The Labute approximate surface area is 115 Å². The fraction of sp³-hybridized carbons (Fsp3) is 0.647. The van der Waals surface area contributed by atoms with Crippen LogP contribution in [0.5, 0.6) is 5.75 Å². The van der Waals surface area contributed by atoms with Gasteiger partial charge in [0.1, 0.15) is 11.6 Å². The first-order valence-corrected chi connectivity index (χ1v) is 7.76. The second-order valence-electron chi connectivity index (χ2n) is 6.11. The average molecular weight is 262 g/mol. The third-order valence-electron chi connectivity index (χ3n) is 4.68. The van der Waals surface area contributed by atoms with Crippen LogP contribution in [0, 0.1) is 11.7 Å². The summed E-state index contributed by atoms with van der Waals surface area (Å²) in [5.74, 6) is 1.50. The predicted molar refractivity (Wildman–Crippen MR) is 74.9 cm³/mol. The monoisotopic (exact) mass is 262 g/mol. The molecule has 1 nitrogen and oxygen atoms in total. The number of halogens is 1. The van der Waals surface area contributed by atoms with Crippen molar-refractivity contribution in [3.05, 3.63) is 29.6 Å². The zero-order chi connectivity index (χ0) is 13.1. The molecule has 0 N–H and O–H groups in total. The summed E-state index contributed by atoms with van der Waals surface area (Å²) >= 11 is 0. The Balaban J connectivity index is 1.53. The third-order valence-corrected chi connectivity index (χ3v) is 4.68. The number of aryl methyl sites for hydroxylation is 1. The van der Waals surface area contributed by atoms with E-state index < -0.39 is 0 Å². The van der Waals surface area contributed by atoms with Crippen LogP contribution in [0.2, 0.25) is 0 Å². The summed E-state index contributed by atoms with van der Waals surface area (Å²) in [4.78, 5) is 0. The number of hydrogen-bond donors (Lipinski definition) is 0. The average Bonchev–Trinajstić information content (AvgIpc) is 2.46. The highest BCUT2D eigenvalue weighted by Crippen LogP contribution is 2.32. The number of benzene rings is 1. The summed E-state index contributed by atoms with van der Waals surface area (Å²) in [6.45, 7) is 0. The molecule has 0 aromatic heterocycles. The Morgan fingerprint density at radius 2 is 1.89 bits per heavy atom. The van der Waals surface area contributed by atoms with E-state index in [2.05, 4.69) is 0 Å². The number of hydrogen-bond acceptors (Lipinski definition) is 1. The Hall–Kier alpha value is -1.05. The molecule has 0 spiro atoms. The zero-order valence-electron chi connectivity index (χ0n) is 11.5. The SMILES string of the molecule is Fc1ccc2c(c1)OC(CCC1CCCCC1)CC2. The Morgan fingerprint density at radius 1 is 1.05 bits per heavy atom. The quantitative estimate of drug-likeness (QED) is 0.754. The van der Waals surface area contributed by atoms with Crippen molar-refractivity contribution in [1.82, 2.24) is 0 Å². The second-order valence-corrected chi connectivity index (χ2v) is 6.11. The van der Waals surface area contributed by atoms with Gasteiger partial charge in [0.05, 0.1) is 6.10 Å². The zero-order valence-corrected chi connectivity index (χ0v) is 11.5. The highest BCUT2D eigenvalue weighted by molar-refractivity contribution is 5.35. The molecule has 1 atom stereocenters. The van der Waals surface area contributed by atoms with E-state index in [1.165, 1.54) is 44.6 Å². The van der Waals surface area contributed by atoms with Gasteiger partial charge in [0.2, 0.25) is 0 Å².